The standard InChI is InChI=1S/C16H15F3N2OS/c17-16(18,19)12-2-1-3-13(8-12)20-15(22)21(9-11-4-5-11)14-6-7-23-10-14/h1-3,6-8,10-11H,4-5,9H2,(H,20,22). The summed E-state index contributed by atoms with van der Waals surface area (Å²) in [5, 5.41) is 6.29. The van der Waals surface area contributed by atoms with Crippen LogP contribution in [0.2, 0.25) is 0 Å². The molecule has 2 amide bonds. The Hall–Kier alpha value is -2.02. The zero-order valence-electron chi connectivity index (χ0n) is 12.1. The number of carbonyl (C=O) groups is 1. The van der Waals surface area contributed by atoms with E-state index in [2.05, 4.69) is 5.32 Å². The Morgan fingerprint density at radius 1 is 1.30 bits per heavy atom. The highest BCUT2D eigenvalue weighted by atomic mass is 32.1. The third-order valence-electron chi connectivity index (χ3n) is 3.64. The van der Waals surface area contributed by atoms with E-state index in [1.165, 1.54) is 23.5 Å². The summed E-state index contributed by atoms with van der Waals surface area (Å²) in [6, 6.07) is 6.09. The van der Waals surface area contributed by atoms with Crippen LogP contribution < -0.4 is 10.2 Å². The Morgan fingerprint density at radius 3 is 2.70 bits per heavy atom. The minimum absolute atomic E-state index is 0.140. The normalized spacial score (nSPS) is 14.6. The van der Waals surface area contributed by atoms with Crippen LogP contribution in [0.4, 0.5) is 29.3 Å². The molecule has 23 heavy (non-hydrogen) atoms. The average Bonchev–Trinajstić information content (AvgIpc) is 3.16. The first kappa shape index (κ1) is 15.9. The van der Waals surface area contributed by atoms with Crippen LogP contribution in [0, 0.1) is 5.92 Å². The number of rotatable bonds is 4. The van der Waals surface area contributed by atoms with Gasteiger partial charge in [0.15, 0.2) is 0 Å². The quantitative estimate of drug-likeness (QED) is 0.813. The third-order valence-corrected chi connectivity index (χ3v) is 4.31. The summed E-state index contributed by atoms with van der Waals surface area (Å²) in [5.74, 6) is 0.474. The number of hydrogen-bond acceptors (Lipinski definition) is 2. The monoisotopic (exact) mass is 340 g/mol. The predicted molar refractivity (Wildman–Crippen MR) is 84.9 cm³/mol. The summed E-state index contributed by atoms with van der Waals surface area (Å²) in [4.78, 5) is 14.1. The van der Waals surface area contributed by atoms with Crippen molar-refractivity contribution in [2.75, 3.05) is 16.8 Å². The van der Waals surface area contributed by atoms with E-state index in [9.17, 15) is 18.0 Å². The number of halogens is 3. The molecule has 2 aromatic rings. The summed E-state index contributed by atoms with van der Waals surface area (Å²) in [6.45, 7) is 0.585. The van der Waals surface area contributed by atoms with Crippen LogP contribution in [-0.2, 0) is 6.18 Å². The highest BCUT2D eigenvalue weighted by molar-refractivity contribution is 7.08. The Kier molecular flexibility index (Phi) is 4.30. The number of nitrogens with one attached hydrogen (secondary N) is 1. The van der Waals surface area contributed by atoms with Crippen LogP contribution in [0.5, 0.6) is 0 Å². The first-order chi connectivity index (χ1) is 10.9. The Balaban J connectivity index is 1.76. The van der Waals surface area contributed by atoms with Crippen molar-refractivity contribution in [3.8, 4) is 0 Å². The van der Waals surface area contributed by atoms with Gasteiger partial charge >= 0.3 is 12.2 Å². The van der Waals surface area contributed by atoms with Gasteiger partial charge in [-0.1, -0.05) is 6.07 Å². The van der Waals surface area contributed by atoms with Crippen LogP contribution in [-0.4, -0.2) is 12.6 Å². The lowest BCUT2D eigenvalue weighted by atomic mass is 10.2. The van der Waals surface area contributed by atoms with Gasteiger partial charge in [0.05, 0.1) is 11.3 Å². The van der Waals surface area contributed by atoms with Crippen molar-refractivity contribution in [2.24, 2.45) is 5.92 Å². The van der Waals surface area contributed by atoms with Gasteiger partial charge in [-0.25, -0.2) is 4.79 Å². The topological polar surface area (TPSA) is 32.3 Å². The highest BCUT2D eigenvalue weighted by Crippen LogP contribution is 2.33. The van der Waals surface area contributed by atoms with Gasteiger partial charge in [-0.2, -0.15) is 24.5 Å². The number of amides is 2. The Morgan fingerprint density at radius 2 is 2.09 bits per heavy atom. The number of benzene rings is 1. The predicted octanol–water partition coefficient (Wildman–Crippen LogP) is 5.22. The first-order valence-corrected chi connectivity index (χ1v) is 8.16. The Bertz CT molecular complexity index is 681. The SMILES string of the molecule is O=C(Nc1cccc(C(F)(F)F)c1)N(CC1CC1)c1ccsc1. The second-order valence-corrected chi connectivity index (χ2v) is 6.32. The molecule has 3 rings (SSSR count). The molecule has 1 N–H and O–H groups in total. The zero-order valence-corrected chi connectivity index (χ0v) is 13.0. The molecular weight excluding hydrogens is 325 g/mol. The average molecular weight is 340 g/mol. The Labute approximate surface area is 135 Å². The van der Waals surface area contributed by atoms with E-state index in [-0.39, 0.29) is 5.69 Å². The highest BCUT2D eigenvalue weighted by Gasteiger charge is 2.31. The maximum absolute atomic E-state index is 12.7. The lowest BCUT2D eigenvalue weighted by Crippen LogP contribution is -2.36. The van der Waals surface area contributed by atoms with Crippen LogP contribution >= 0.6 is 11.3 Å². The van der Waals surface area contributed by atoms with Crippen LogP contribution in [0.15, 0.2) is 41.1 Å². The number of urea groups is 1. The minimum Gasteiger partial charge on any atom is -0.308 e. The van der Waals surface area contributed by atoms with E-state index >= 15 is 0 Å². The van der Waals surface area contributed by atoms with E-state index in [0.717, 1.165) is 30.7 Å². The molecule has 1 saturated carbocycles. The third kappa shape index (κ3) is 4.04. The molecule has 0 saturated heterocycles. The molecule has 1 heterocycles. The molecule has 0 bridgehead atoms. The molecule has 1 fully saturated rings. The molecule has 0 radical (unpaired) electrons. The first-order valence-electron chi connectivity index (χ1n) is 7.21. The van der Waals surface area contributed by atoms with Crippen molar-refractivity contribution in [1.29, 1.82) is 0 Å². The van der Waals surface area contributed by atoms with E-state index < -0.39 is 17.8 Å². The van der Waals surface area contributed by atoms with Crippen molar-refractivity contribution >= 4 is 28.7 Å². The fourth-order valence-electron chi connectivity index (χ4n) is 2.24. The number of nitrogens with zero attached hydrogens (tertiary/aromatic N) is 1. The lowest BCUT2D eigenvalue weighted by molar-refractivity contribution is -0.137. The molecule has 122 valence electrons. The molecule has 7 heteroatoms. The van der Waals surface area contributed by atoms with Gasteiger partial charge in [0, 0.05) is 17.6 Å². The summed E-state index contributed by atoms with van der Waals surface area (Å²) in [6.07, 6.45) is -2.27. The molecule has 3 nitrogen and oxygen atoms in total. The summed E-state index contributed by atoms with van der Waals surface area (Å²) in [5.41, 5.74) is 0.131. The molecule has 0 atom stereocenters. The molecule has 0 aliphatic heterocycles. The molecular formula is C16H15F3N2OS. The summed E-state index contributed by atoms with van der Waals surface area (Å²) < 4.78 is 38.2. The molecule has 0 unspecified atom stereocenters. The second-order valence-electron chi connectivity index (χ2n) is 5.54. The number of anilines is 2. The van der Waals surface area contributed by atoms with E-state index in [0.29, 0.717) is 12.5 Å². The van der Waals surface area contributed by atoms with Crippen molar-refractivity contribution in [1.82, 2.24) is 0 Å². The van der Waals surface area contributed by atoms with Gasteiger partial charge in [0.25, 0.3) is 0 Å². The van der Waals surface area contributed by atoms with Gasteiger partial charge in [0.2, 0.25) is 0 Å². The zero-order chi connectivity index (χ0) is 16.4. The molecule has 1 aliphatic rings. The van der Waals surface area contributed by atoms with Gasteiger partial charge in [-0.3, -0.25) is 4.90 Å². The maximum atomic E-state index is 12.7. The molecule has 0 spiro atoms. The van der Waals surface area contributed by atoms with Crippen LogP contribution in [0.3, 0.4) is 0 Å². The van der Waals surface area contributed by atoms with Gasteiger partial charge in [-0.15, -0.1) is 0 Å². The van der Waals surface area contributed by atoms with E-state index in [4.69, 9.17) is 0 Å². The van der Waals surface area contributed by atoms with Crippen LogP contribution in [0.1, 0.15) is 18.4 Å². The number of carbonyl (C=O) groups excluding carboxylic acids is 1. The molecule has 1 aromatic heterocycles. The number of thiophene rings is 1. The summed E-state index contributed by atoms with van der Waals surface area (Å²) >= 11 is 1.47. The van der Waals surface area contributed by atoms with Crippen molar-refractivity contribution in [3.05, 3.63) is 46.7 Å². The van der Waals surface area contributed by atoms with Crippen molar-refractivity contribution in [2.45, 2.75) is 19.0 Å². The fourth-order valence-corrected chi connectivity index (χ4v) is 2.88. The fraction of sp³-hybridized carbons (Fsp3) is 0.312. The van der Waals surface area contributed by atoms with Gasteiger partial charge in [0.1, 0.15) is 0 Å². The number of hydrogen-bond donors (Lipinski definition) is 1. The second kappa shape index (κ2) is 6.23. The van der Waals surface area contributed by atoms with E-state index in [1.54, 1.807) is 4.90 Å². The molecule has 1 aliphatic carbocycles. The van der Waals surface area contributed by atoms with Gasteiger partial charge < -0.3 is 5.32 Å². The smallest absolute Gasteiger partial charge is 0.308 e. The van der Waals surface area contributed by atoms with E-state index in [1.807, 2.05) is 16.8 Å². The minimum atomic E-state index is -4.43. The summed E-state index contributed by atoms with van der Waals surface area (Å²) in [7, 11) is 0. The molecule has 1 aromatic carbocycles. The lowest BCUT2D eigenvalue weighted by Gasteiger charge is -2.22. The van der Waals surface area contributed by atoms with Crippen molar-refractivity contribution in [3.63, 3.8) is 0 Å². The number of alkyl halides is 3. The van der Waals surface area contributed by atoms with Crippen molar-refractivity contribution < 1.29 is 18.0 Å². The largest absolute Gasteiger partial charge is 0.416 e. The maximum Gasteiger partial charge on any atom is 0.416 e. The van der Waals surface area contributed by atoms with Gasteiger partial charge in [-0.05, 0) is 48.4 Å². The van der Waals surface area contributed by atoms with Crippen LogP contribution in [0.25, 0.3) is 0 Å².